The fraction of sp³-hybridized carbons (Fsp3) is 0.500. The van der Waals surface area contributed by atoms with Gasteiger partial charge in [0, 0.05) is 38.1 Å². The number of nitrogens with zero attached hydrogens (tertiary/aromatic N) is 2. The molecule has 21 heavy (non-hydrogen) atoms. The summed E-state index contributed by atoms with van der Waals surface area (Å²) >= 11 is 0. The van der Waals surface area contributed by atoms with Gasteiger partial charge in [0.2, 0.25) is 5.91 Å². The smallest absolute Gasteiger partial charge is 0.225 e. The summed E-state index contributed by atoms with van der Waals surface area (Å²) in [7, 11) is 0. The van der Waals surface area contributed by atoms with Gasteiger partial charge in [-0.3, -0.25) is 9.69 Å². The van der Waals surface area contributed by atoms with Crippen LogP contribution in [0.2, 0.25) is 0 Å². The first kappa shape index (κ1) is 15.5. The predicted molar refractivity (Wildman–Crippen MR) is 82.9 cm³/mol. The van der Waals surface area contributed by atoms with Gasteiger partial charge in [0.25, 0.3) is 0 Å². The average Bonchev–Trinajstić information content (AvgIpc) is 2.45. The van der Waals surface area contributed by atoms with Crippen LogP contribution in [0.1, 0.15) is 25.8 Å². The molecule has 2 unspecified atom stereocenters. The van der Waals surface area contributed by atoms with Crippen molar-refractivity contribution in [2.75, 3.05) is 25.0 Å². The van der Waals surface area contributed by atoms with Crippen LogP contribution in [0, 0.1) is 11.3 Å². The van der Waals surface area contributed by atoms with Gasteiger partial charge in [0.1, 0.15) is 6.07 Å². The number of rotatable bonds is 4. The monoisotopic (exact) mass is 286 g/mol. The van der Waals surface area contributed by atoms with Gasteiger partial charge in [-0.05, 0) is 26.0 Å². The minimum Gasteiger partial charge on any atom is -0.325 e. The van der Waals surface area contributed by atoms with E-state index in [0.29, 0.717) is 29.8 Å². The highest BCUT2D eigenvalue weighted by atomic mass is 16.1. The number of para-hydroxylation sites is 1. The lowest BCUT2D eigenvalue weighted by atomic mass is 10.1. The Labute approximate surface area is 125 Å². The summed E-state index contributed by atoms with van der Waals surface area (Å²) in [5.41, 5.74) is 1.09. The highest BCUT2D eigenvalue weighted by Crippen LogP contribution is 2.14. The Hall–Kier alpha value is -1.90. The van der Waals surface area contributed by atoms with Crippen LogP contribution in [0.4, 0.5) is 5.69 Å². The van der Waals surface area contributed by atoms with Crippen molar-refractivity contribution in [3.8, 4) is 6.07 Å². The van der Waals surface area contributed by atoms with Crippen molar-refractivity contribution in [3.05, 3.63) is 29.8 Å². The van der Waals surface area contributed by atoms with E-state index in [1.807, 2.05) is 6.07 Å². The molecular formula is C16H22N4O. The topological polar surface area (TPSA) is 68.2 Å². The summed E-state index contributed by atoms with van der Waals surface area (Å²) in [6, 6.07) is 10.1. The first-order valence-corrected chi connectivity index (χ1v) is 7.36. The van der Waals surface area contributed by atoms with Crippen LogP contribution in [0.3, 0.4) is 0 Å². The summed E-state index contributed by atoms with van der Waals surface area (Å²) in [5.74, 6) is -0.0449. The maximum absolute atomic E-state index is 12.0. The van der Waals surface area contributed by atoms with Gasteiger partial charge in [0.15, 0.2) is 0 Å². The molecule has 0 aromatic heterocycles. The highest BCUT2D eigenvalue weighted by molar-refractivity contribution is 5.92. The van der Waals surface area contributed by atoms with Crippen molar-refractivity contribution in [2.45, 2.75) is 32.4 Å². The number of anilines is 1. The van der Waals surface area contributed by atoms with Gasteiger partial charge < -0.3 is 10.6 Å². The van der Waals surface area contributed by atoms with Crippen LogP contribution in [0.5, 0.6) is 0 Å². The van der Waals surface area contributed by atoms with E-state index in [9.17, 15) is 4.79 Å². The van der Waals surface area contributed by atoms with E-state index in [4.69, 9.17) is 5.26 Å². The Bertz CT molecular complexity index is 527. The zero-order chi connectivity index (χ0) is 15.2. The summed E-state index contributed by atoms with van der Waals surface area (Å²) in [6.45, 7) is 6.99. The molecule has 1 heterocycles. The summed E-state index contributed by atoms with van der Waals surface area (Å²) < 4.78 is 0. The number of piperazine rings is 1. The lowest BCUT2D eigenvalue weighted by Crippen LogP contribution is -2.54. The molecule has 0 radical (unpaired) electrons. The van der Waals surface area contributed by atoms with Crippen molar-refractivity contribution < 1.29 is 4.79 Å². The quantitative estimate of drug-likeness (QED) is 0.881. The van der Waals surface area contributed by atoms with E-state index in [0.717, 1.165) is 19.6 Å². The molecule has 0 saturated carbocycles. The Morgan fingerprint density at radius 3 is 2.71 bits per heavy atom. The number of carbonyl (C=O) groups excluding carboxylic acids is 1. The molecule has 1 amide bonds. The molecule has 1 aromatic carbocycles. The van der Waals surface area contributed by atoms with Crippen molar-refractivity contribution in [1.82, 2.24) is 10.2 Å². The van der Waals surface area contributed by atoms with Crippen LogP contribution in [-0.4, -0.2) is 42.5 Å². The minimum atomic E-state index is -0.0449. The number of nitriles is 1. The SMILES string of the molecule is CC1CN(CCC(=O)Nc2ccccc2C#N)CC(C)N1. The van der Waals surface area contributed by atoms with Crippen molar-refractivity contribution in [1.29, 1.82) is 5.26 Å². The van der Waals surface area contributed by atoms with Crippen LogP contribution in [-0.2, 0) is 4.79 Å². The Kier molecular flexibility index (Phi) is 5.32. The van der Waals surface area contributed by atoms with E-state index >= 15 is 0 Å². The molecule has 0 aliphatic carbocycles. The Morgan fingerprint density at radius 2 is 2.05 bits per heavy atom. The van der Waals surface area contributed by atoms with Crippen LogP contribution < -0.4 is 10.6 Å². The minimum absolute atomic E-state index is 0.0449. The molecule has 0 bridgehead atoms. The second kappa shape index (κ2) is 7.21. The van der Waals surface area contributed by atoms with Gasteiger partial charge >= 0.3 is 0 Å². The molecule has 1 fully saturated rings. The molecule has 2 N–H and O–H groups in total. The molecule has 2 atom stereocenters. The van der Waals surface area contributed by atoms with Crippen molar-refractivity contribution in [3.63, 3.8) is 0 Å². The zero-order valence-electron chi connectivity index (χ0n) is 12.6. The third kappa shape index (κ3) is 4.55. The number of amides is 1. The molecule has 1 aliphatic heterocycles. The van der Waals surface area contributed by atoms with E-state index in [1.54, 1.807) is 18.2 Å². The molecule has 5 nitrogen and oxygen atoms in total. The maximum Gasteiger partial charge on any atom is 0.225 e. The average molecular weight is 286 g/mol. The third-order valence-electron chi connectivity index (χ3n) is 3.61. The van der Waals surface area contributed by atoms with Gasteiger partial charge in [-0.1, -0.05) is 12.1 Å². The number of benzene rings is 1. The van der Waals surface area contributed by atoms with Crippen molar-refractivity contribution in [2.24, 2.45) is 0 Å². The molecule has 0 spiro atoms. The molecule has 5 heteroatoms. The Morgan fingerprint density at radius 1 is 1.38 bits per heavy atom. The van der Waals surface area contributed by atoms with Crippen molar-refractivity contribution >= 4 is 11.6 Å². The first-order chi connectivity index (χ1) is 10.1. The van der Waals surface area contributed by atoms with Gasteiger partial charge in [-0.15, -0.1) is 0 Å². The molecule has 1 saturated heterocycles. The third-order valence-corrected chi connectivity index (χ3v) is 3.61. The lowest BCUT2D eigenvalue weighted by molar-refractivity contribution is -0.116. The second-order valence-electron chi connectivity index (χ2n) is 5.68. The highest BCUT2D eigenvalue weighted by Gasteiger charge is 2.21. The van der Waals surface area contributed by atoms with E-state index < -0.39 is 0 Å². The molecule has 1 aromatic rings. The van der Waals surface area contributed by atoms with E-state index in [2.05, 4.69) is 35.5 Å². The molecule has 112 valence electrons. The van der Waals surface area contributed by atoms with Crippen LogP contribution >= 0.6 is 0 Å². The standard InChI is InChI=1S/C16H22N4O/c1-12-10-20(11-13(2)18-12)8-7-16(21)19-15-6-4-3-5-14(15)9-17/h3-6,12-13,18H,7-8,10-11H2,1-2H3,(H,19,21). The normalized spacial score (nSPS) is 22.5. The molecule has 1 aliphatic rings. The van der Waals surface area contributed by atoms with E-state index in [1.165, 1.54) is 0 Å². The summed E-state index contributed by atoms with van der Waals surface area (Å²) in [6.07, 6.45) is 0.444. The first-order valence-electron chi connectivity index (χ1n) is 7.36. The second-order valence-corrected chi connectivity index (χ2v) is 5.68. The Balaban J connectivity index is 1.84. The molecule has 2 rings (SSSR count). The largest absolute Gasteiger partial charge is 0.325 e. The van der Waals surface area contributed by atoms with Crippen LogP contribution in [0.15, 0.2) is 24.3 Å². The number of nitrogens with one attached hydrogen (secondary N) is 2. The zero-order valence-corrected chi connectivity index (χ0v) is 12.6. The van der Waals surface area contributed by atoms with Gasteiger partial charge in [-0.25, -0.2) is 0 Å². The predicted octanol–water partition coefficient (Wildman–Crippen LogP) is 1.57. The van der Waals surface area contributed by atoms with Crippen LogP contribution in [0.25, 0.3) is 0 Å². The molecular weight excluding hydrogens is 264 g/mol. The number of hydrogen-bond acceptors (Lipinski definition) is 4. The van der Waals surface area contributed by atoms with E-state index in [-0.39, 0.29) is 5.91 Å². The fourth-order valence-electron chi connectivity index (χ4n) is 2.78. The summed E-state index contributed by atoms with van der Waals surface area (Å²) in [4.78, 5) is 14.3. The van der Waals surface area contributed by atoms with Gasteiger partial charge in [0.05, 0.1) is 11.3 Å². The lowest BCUT2D eigenvalue weighted by Gasteiger charge is -2.36. The van der Waals surface area contributed by atoms with Gasteiger partial charge in [-0.2, -0.15) is 5.26 Å². The summed E-state index contributed by atoms with van der Waals surface area (Å²) in [5, 5.41) is 15.3. The fourth-order valence-corrected chi connectivity index (χ4v) is 2.78. The maximum atomic E-state index is 12.0. The number of hydrogen-bond donors (Lipinski definition) is 2. The number of carbonyl (C=O) groups is 1.